The van der Waals surface area contributed by atoms with Crippen molar-refractivity contribution in [2.45, 2.75) is 31.0 Å². The molecular weight excluding hydrogens is 206 g/mol. The van der Waals surface area contributed by atoms with E-state index in [1.165, 1.54) is 12.8 Å². The van der Waals surface area contributed by atoms with Crippen molar-refractivity contribution in [3.05, 3.63) is 18.0 Å². The lowest BCUT2D eigenvalue weighted by Gasteiger charge is -2.13. The van der Waals surface area contributed by atoms with Crippen LogP contribution in [0.2, 0.25) is 0 Å². The van der Waals surface area contributed by atoms with Gasteiger partial charge in [0, 0.05) is 23.7 Å². The normalized spacial score (nSPS) is 17.7. The topological polar surface area (TPSA) is 37.8 Å². The lowest BCUT2D eigenvalue weighted by molar-refractivity contribution is 0.553. The number of thioether (sulfide) groups is 1. The van der Waals surface area contributed by atoms with Gasteiger partial charge in [-0.3, -0.25) is 0 Å². The molecule has 0 spiro atoms. The van der Waals surface area contributed by atoms with Crippen LogP contribution in [0.3, 0.4) is 0 Å². The summed E-state index contributed by atoms with van der Waals surface area (Å²) in [6.07, 6.45) is 4.58. The minimum Gasteiger partial charge on any atom is -0.316 e. The van der Waals surface area contributed by atoms with E-state index in [1.807, 2.05) is 26.2 Å². The summed E-state index contributed by atoms with van der Waals surface area (Å²) in [5.41, 5.74) is 1.04. The quantitative estimate of drug-likeness (QED) is 0.611. The Morgan fingerprint density at radius 1 is 1.60 bits per heavy atom. The van der Waals surface area contributed by atoms with Gasteiger partial charge in [-0.2, -0.15) is 0 Å². The molecular formula is C11H17N3S. The molecule has 0 saturated heterocycles. The third kappa shape index (κ3) is 3.18. The average Bonchev–Trinajstić information content (AvgIpc) is 3.03. The van der Waals surface area contributed by atoms with Gasteiger partial charge in [0.1, 0.15) is 0 Å². The summed E-state index contributed by atoms with van der Waals surface area (Å²) in [5, 5.41) is 4.27. The van der Waals surface area contributed by atoms with Gasteiger partial charge in [0.15, 0.2) is 5.16 Å². The van der Waals surface area contributed by atoms with E-state index < -0.39 is 0 Å². The van der Waals surface area contributed by atoms with Crippen molar-refractivity contribution < 1.29 is 0 Å². The summed E-state index contributed by atoms with van der Waals surface area (Å²) in [5.74, 6) is 1.96. The van der Waals surface area contributed by atoms with Crippen LogP contribution >= 0.6 is 11.8 Å². The van der Waals surface area contributed by atoms with Crippen LogP contribution in [0.4, 0.5) is 0 Å². The molecule has 1 heterocycles. The van der Waals surface area contributed by atoms with Gasteiger partial charge in [-0.25, -0.2) is 9.97 Å². The second-order valence-electron chi connectivity index (χ2n) is 4.02. The second kappa shape index (κ2) is 4.94. The predicted octanol–water partition coefficient (Wildman–Crippen LogP) is 1.88. The molecule has 1 aromatic heterocycles. The van der Waals surface area contributed by atoms with Gasteiger partial charge < -0.3 is 5.32 Å². The molecule has 1 aliphatic carbocycles. The van der Waals surface area contributed by atoms with Crippen molar-refractivity contribution in [3.8, 4) is 0 Å². The highest BCUT2D eigenvalue weighted by Gasteiger charge is 2.30. The van der Waals surface area contributed by atoms with E-state index in [1.54, 1.807) is 11.8 Å². The summed E-state index contributed by atoms with van der Waals surface area (Å²) in [6.45, 7) is 2.00. The zero-order valence-electron chi connectivity index (χ0n) is 9.23. The number of rotatable bonds is 5. The van der Waals surface area contributed by atoms with E-state index in [0.29, 0.717) is 6.04 Å². The van der Waals surface area contributed by atoms with E-state index in [9.17, 15) is 0 Å². The number of nitrogens with one attached hydrogen (secondary N) is 1. The van der Waals surface area contributed by atoms with Crippen LogP contribution in [-0.4, -0.2) is 28.8 Å². The molecule has 1 aliphatic rings. The molecule has 1 aromatic rings. The van der Waals surface area contributed by atoms with Gasteiger partial charge in [0.2, 0.25) is 0 Å². The number of nitrogens with zero attached hydrogens (tertiary/aromatic N) is 2. The first kappa shape index (κ1) is 10.9. The fourth-order valence-electron chi connectivity index (χ4n) is 1.61. The van der Waals surface area contributed by atoms with Crippen LogP contribution < -0.4 is 5.32 Å². The molecule has 1 fully saturated rings. The van der Waals surface area contributed by atoms with Crippen molar-refractivity contribution in [2.24, 2.45) is 5.92 Å². The number of hydrogen-bond acceptors (Lipinski definition) is 4. The number of hydrogen-bond donors (Lipinski definition) is 1. The highest BCUT2D eigenvalue weighted by molar-refractivity contribution is 7.99. The zero-order valence-corrected chi connectivity index (χ0v) is 10.0. The molecule has 1 N–H and O–H groups in total. The first-order chi connectivity index (χ1) is 7.29. The van der Waals surface area contributed by atoms with Crippen LogP contribution in [0, 0.1) is 12.8 Å². The molecule has 0 aromatic carbocycles. The molecule has 0 bridgehead atoms. The zero-order chi connectivity index (χ0) is 10.7. The molecule has 0 radical (unpaired) electrons. The SMILES string of the molecule is CNC(CSc1nccc(C)n1)C1CC1. The number of aromatic nitrogens is 2. The largest absolute Gasteiger partial charge is 0.316 e. The van der Waals surface area contributed by atoms with Gasteiger partial charge >= 0.3 is 0 Å². The van der Waals surface area contributed by atoms with Crippen LogP contribution in [0.1, 0.15) is 18.5 Å². The van der Waals surface area contributed by atoms with Crippen LogP contribution in [0.5, 0.6) is 0 Å². The van der Waals surface area contributed by atoms with Crippen molar-refractivity contribution in [2.75, 3.05) is 12.8 Å². The molecule has 4 heteroatoms. The van der Waals surface area contributed by atoms with Gasteiger partial charge in [-0.05, 0) is 38.8 Å². The standard InChI is InChI=1S/C11H17N3S/c1-8-5-6-13-11(14-8)15-7-10(12-2)9-3-4-9/h5-6,9-10,12H,3-4,7H2,1-2H3. The maximum absolute atomic E-state index is 4.38. The lowest BCUT2D eigenvalue weighted by atomic mass is 10.2. The molecule has 1 unspecified atom stereocenters. The Morgan fingerprint density at radius 2 is 2.40 bits per heavy atom. The van der Waals surface area contributed by atoms with Crippen molar-refractivity contribution in [1.29, 1.82) is 0 Å². The molecule has 3 nitrogen and oxygen atoms in total. The maximum atomic E-state index is 4.38. The maximum Gasteiger partial charge on any atom is 0.187 e. The summed E-state index contributed by atoms with van der Waals surface area (Å²) in [6, 6.07) is 2.56. The second-order valence-corrected chi connectivity index (χ2v) is 5.01. The minimum absolute atomic E-state index is 0.624. The Morgan fingerprint density at radius 3 is 3.00 bits per heavy atom. The summed E-state index contributed by atoms with van der Waals surface area (Å²) in [4.78, 5) is 8.63. The lowest BCUT2D eigenvalue weighted by Crippen LogP contribution is -2.29. The fraction of sp³-hybridized carbons (Fsp3) is 0.636. The first-order valence-corrected chi connectivity index (χ1v) is 6.38. The molecule has 1 atom stereocenters. The van der Waals surface area contributed by atoms with Gasteiger partial charge in [0.05, 0.1) is 0 Å². The smallest absolute Gasteiger partial charge is 0.187 e. The fourth-order valence-corrected chi connectivity index (χ4v) is 2.72. The van der Waals surface area contributed by atoms with Gasteiger partial charge in [-0.1, -0.05) is 11.8 Å². The molecule has 15 heavy (non-hydrogen) atoms. The van der Waals surface area contributed by atoms with Gasteiger partial charge in [-0.15, -0.1) is 0 Å². The van der Waals surface area contributed by atoms with E-state index in [2.05, 4.69) is 15.3 Å². The predicted molar refractivity (Wildman–Crippen MR) is 63.1 cm³/mol. The average molecular weight is 223 g/mol. The third-order valence-electron chi connectivity index (χ3n) is 2.73. The molecule has 82 valence electrons. The first-order valence-electron chi connectivity index (χ1n) is 5.39. The molecule has 1 saturated carbocycles. The van der Waals surface area contributed by atoms with Crippen LogP contribution in [-0.2, 0) is 0 Å². The summed E-state index contributed by atoms with van der Waals surface area (Å²) in [7, 11) is 2.04. The highest BCUT2D eigenvalue weighted by atomic mass is 32.2. The van der Waals surface area contributed by atoms with Crippen molar-refractivity contribution >= 4 is 11.8 Å². The monoisotopic (exact) mass is 223 g/mol. The van der Waals surface area contributed by atoms with Crippen LogP contribution in [0.15, 0.2) is 17.4 Å². The van der Waals surface area contributed by atoms with E-state index in [4.69, 9.17) is 0 Å². The minimum atomic E-state index is 0.624. The Bertz CT molecular complexity index is 325. The molecule has 0 aliphatic heterocycles. The number of aryl methyl sites for hydroxylation is 1. The Balaban J connectivity index is 1.86. The third-order valence-corrected chi connectivity index (χ3v) is 3.71. The van der Waals surface area contributed by atoms with E-state index in [-0.39, 0.29) is 0 Å². The van der Waals surface area contributed by atoms with Crippen molar-refractivity contribution in [3.63, 3.8) is 0 Å². The van der Waals surface area contributed by atoms with Crippen LogP contribution in [0.25, 0.3) is 0 Å². The molecule has 0 amide bonds. The Hall–Kier alpha value is -0.610. The summed E-state index contributed by atoms with van der Waals surface area (Å²) < 4.78 is 0. The van der Waals surface area contributed by atoms with E-state index >= 15 is 0 Å². The van der Waals surface area contributed by atoms with Crippen molar-refractivity contribution in [1.82, 2.24) is 15.3 Å². The van der Waals surface area contributed by atoms with Gasteiger partial charge in [0.25, 0.3) is 0 Å². The molecule has 2 rings (SSSR count). The Labute approximate surface area is 95.1 Å². The summed E-state index contributed by atoms with van der Waals surface area (Å²) >= 11 is 1.75. The van der Waals surface area contributed by atoms with E-state index in [0.717, 1.165) is 22.5 Å². The highest BCUT2D eigenvalue weighted by Crippen LogP contribution is 2.34. The Kier molecular flexibility index (Phi) is 3.59.